The van der Waals surface area contributed by atoms with E-state index in [1.54, 1.807) is 12.1 Å². The summed E-state index contributed by atoms with van der Waals surface area (Å²) in [6, 6.07) is 6.12. The smallest absolute Gasteiger partial charge is 0.270 e. The molecule has 5 nitrogen and oxygen atoms in total. The van der Waals surface area contributed by atoms with Gasteiger partial charge in [-0.15, -0.1) is 5.10 Å². The van der Waals surface area contributed by atoms with Crippen molar-refractivity contribution in [2.45, 2.75) is 6.54 Å². The van der Waals surface area contributed by atoms with E-state index < -0.39 is 5.91 Å². The number of rotatable bonds is 3. The van der Waals surface area contributed by atoms with Crippen LogP contribution in [0.15, 0.2) is 30.5 Å². The number of amides is 1. The molecule has 2 rings (SSSR count). The highest BCUT2D eigenvalue weighted by Crippen LogP contribution is 2.05. The van der Waals surface area contributed by atoms with E-state index in [-0.39, 0.29) is 11.5 Å². The lowest BCUT2D eigenvalue weighted by atomic mass is 10.2. The minimum Gasteiger partial charge on any atom is -0.364 e. The lowest BCUT2D eigenvalue weighted by Crippen LogP contribution is -2.11. The Labute approximate surface area is 90.7 Å². The summed E-state index contributed by atoms with van der Waals surface area (Å²) < 4.78 is 14.3. The fourth-order valence-electron chi connectivity index (χ4n) is 1.31. The molecule has 0 saturated carbocycles. The summed E-state index contributed by atoms with van der Waals surface area (Å²) >= 11 is 0. The summed E-state index contributed by atoms with van der Waals surface area (Å²) in [5.41, 5.74) is 5.86. The van der Waals surface area contributed by atoms with Crippen molar-refractivity contribution in [3.05, 3.63) is 47.5 Å². The quantitative estimate of drug-likeness (QED) is 0.821. The average molecular weight is 220 g/mol. The zero-order valence-electron chi connectivity index (χ0n) is 8.30. The van der Waals surface area contributed by atoms with E-state index in [9.17, 15) is 9.18 Å². The van der Waals surface area contributed by atoms with Crippen LogP contribution in [0.1, 0.15) is 16.1 Å². The first-order valence-corrected chi connectivity index (χ1v) is 4.59. The highest BCUT2D eigenvalue weighted by atomic mass is 19.1. The highest BCUT2D eigenvalue weighted by Gasteiger charge is 2.06. The molecule has 0 fully saturated rings. The topological polar surface area (TPSA) is 73.8 Å². The van der Waals surface area contributed by atoms with Gasteiger partial charge in [0.25, 0.3) is 5.91 Å². The standard InChI is InChI=1S/C10H9FN4O/c11-8-3-1-2-7(4-8)5-15-6-9(10(12)16)13-14-15/h1-4,6H,5H2,(H2,12,16). The fourth-order valence-corrected chi connectivity index (χ4v) is 1.31. The van der Waals surface area contributed by atoms with Crippen LogP contribution in [-0.2, 0) is 6.54 Å². The molecule has 0 atom stereocenters. The molecular weight excluding hydrogens is 211 g/mol. The zero-order valence-corrected chi connectivity index (χ0v) is 8.30. The molecule has 16 heavy (non-hydrogen) atoms. The number of benzene rings is 1. The maximum atomic E-state index is 12.9. The predicted octanol–water partition coefficient (Wildman–Crippen LogP) is 0.564. The third-order valence-corrected chi connectivity index (χ3v) is 2.02. The van der Waals surface area contributed by atoms with Crippen LogP contribution in [0.25, 0.3) is 0 Å². The molecule has 0 spiro atoms. The number of aromatic nitrogens is 3. The molecule has 1 aromatic heterocycles. The number of halogens is 1. The van der Waals surface area contributed by atoms with Gasteiger partial charge in [-0.1, -0.05) is 17.3 Å². The van der Waals surface area contributed by atoms with E-state index in [1.165, 1.54) is 23.0 Å². The molecule has 0 unspecified atom stereocenters. The number of carbonyl (C=O) groups excluding carboxylic acids is 1. The molecule has 82 valence electrons. The monoisotopic (exact) mass is 220 g/mol. The first-order valence-electron chi connectivity index (χ1n) is 4.59. The molecule has 0 bridgehead atoms. The second-order valence-electron chi connectivity index (χ2n) is 3.30. The molecule has 0 aliphatic rings. The second kappa shape index (κ2) is 4.09. The number of primary amides is 1. The summed E-state index contributed by atoms with van der Waals surface area (Å²) in [5.74, 6) is -0.946. The Hall–Kier alpha value is -2.24. The van der Waals surface area contributed by atoms with Gasteiger partial charge >= 0.3 is 0 Å². The Bertz CT molecular complexity index is 523. The molecule has 0 saturated heterocycles. The van der Waals surface area contributed by atoms with E-state index in [0.29, 0.717) is 6.54 Å². The van der Waals surface area contributed by atoms with E-state index in [4.69, 9.17) is 5.73 Å². The second-order valence-corrected chi connectivity index (χ2v) is 3.30. The van der Waals surface area contributed by atoms with Crippen molar-refractivity contribution < 1.29 is 9.18 Å². The summed E-state index contributed by atoms with van der Waals surface area (Å²) in [5, 5.41) is 7.28. The van der Waals surface area contributed by atoms with Crippen LogP contribution in [0.5, 0.6) is 0 Å². The minimum absolute atomic E-state index is 0.0939. The Balaban J connectivity index is 2.17. The van der Waals surface area contributed by atoms with Crippen LogP contribution >= 0.6 is 0 Å². The molecule has 0 aliphatic carbocycles. The number of hydrogen-bond acceptors (Lipinski definition) is 3. The fraction of sp³-hybridized carbons (Fsp3) is 0.100. The Morgan fingerprint density at radius 3 is 2.94 bits per heavy atom. The van der Waals surface area contributed by atoms with Crippen LogP contribution in [0.2, 0.25) is 0 Å². The van der Waals surface area contributed by atoms with E-state index in [0.717, 1.165) is 5.56 Å². The molecule has 0 radical (unpaired) electrons. The lowest BCUT2D eigenvalue weighted by molar-refractivity contribution is 0.0995. The number of carbonyl (C=O) groups is 1. The van der Waals surface area contributed by atoms with Crippen LogP contribution in [0.3, 0.4) is 0 Å². The van der Waals surface area contributed by atoms with Crippen molar-refractivity contribution in [2.24, 2.45) is 5.73 Å². The van der Waals surface area contributed by atoms with Gasteiger partial charge in [-0.25, -0.2) is 9.07 Å². The largest absolute Gasteiger partial charge is 0.364 e. The molecule has 6 heteroatoms. The molecule has 2 aromatic rings. The van der Waals surface area contributed by atoms with Crippen molar-refractivity contribution in [1.82, 2.24) is 15.0 Å². The summed E-state index contributed by atoms with van der Waals surface area (Å²) in [6.07, 6.45) is 1.42. The van der Waals surface area contributed by atoms with Crippen LogP contribution in [0.4, 0.5) is 4.39 Å². The Morgan fingerprint density at radius 2 is 2.31 bits per heavy atom. The van der Waals surface area contributed by atoms with Gasteiger partial charge in [-0.05, 0) is 17.7 Å². The first-order chi connectivity index (χ1) is 7.65. The van der Waals surface area contributed by atoms with Crippen molar-refractivity contribution in [3.63, 3.8) is 0 Å². The normalized spacial score (nSPS) is 10.3. The molecular formula is C10H9FN4O. The van der Waals surface area contributed by atoms with Crippen LogP contribution < -0.4 is 5.73 Å². The summed E-state index contributed by atoms with van der Waals surface area (Å²) in [4.78, 5) is 10.8. The van der Waals surface area contributed by atoms with Gasteiger partial charge in [-0.3, -0.25) is 4.79 Å². The molecule has 1 aromatic carbocycles. The predicted molar refractivity (Wildman–Crippen MR) is 54.0 cm³/mol. The zero-order chi connectivity index (χ0) is 11.5. The maximum Gasteiger partial charge on any atom is 0.270 e. The van der Waals surface area contributed by atoms with Crippen molar-refractivity contribution in [1.29, 1.82) is 0 Å². The highest BCUT2D eigenvalue weighted by molar-refractivity contribution is 5.90. The van der Waals surface area contributed by atoms with Crippen molar-refractivity contribution in [2.75, 3.05) is 0 Å². The Kier molecular flexibility index (Phi) is 2.63. The van der Waals surface area contributed by atoms with Crippen LogP contribution in [0, 0.1) is 5.82 Å². The van der Waals surface area contributed by atoms with Gasteiger partial charge in [0, 0.05) is 0 Å². The SMILES string of the molecule is NC(=O)c1cn(Cc2cccc(F)c2)nn1. The first kappa shape index (κ1) is 10.3. The summed E-state index contributed by atoms with van der Waals surface area (Å²) in [7, 11) is 0. The minimum atomic E-state index is -0.634. The number of nitrogens with zero attached hydrogens (tertiary/aromatic N) is 3. The molecule has 1 heterocycles. The van der Waals surface area contributed by atoms with E-state index >= 15 is 0 Å². The molecule has 0 aliphatic heterocycles. The van der Waals surface area contributed by atoms with E-state index in [1.807, 2.05) is 0 Å². The average Bonchev–Trinajstić information content (AvgIpc) is 2.66. The Morgan fingerprint density at radius 1 is 1.50 bits per heavy atom. The van der Waals surface area contributed by atoms with Gasteiger partial charge in [-0.2, -0.15) is 0 Å². The van der Waals surface area contributed by atoms with Gasteiger partial charge in [0.05, 0.1) is 12.7 Å². The van der Waals surface area contributed by atoms with Gasteiger partial charge in [0.15, 0.2) is 5.69 Å². The van der Waals surface area contributed by atoms with Gasteiger partial charge in [0.1, 0.15) is 5.82 Å². The molecule has 2 N–H and O–H groups in total. The van der Waals surface area contributed by atoms with E-state index in [2.05, 4.69) is 10.3 Å². The van der Waals surface area contributed by atoms with Gasteiger partial charge < -0.3 is 5.73 Å². The van der Waals surface area contributed by atoms with Crippen molar-refractivity contribution >= 4 is 5.91 Å². The van der Waals surface area contributed by atoms with Gasteiger partial charge in [0.2, 0.25) is 0 Å². The molecule has 1 amide bonds. The van der Waals surface area contributed by atoms with Crippen LogP contribution in [-0.4, -0.2) is 20.9 Å². The third-order valence-electron chi connectivity index (χ3n) is 2.02. The number of nitrogens with two attached hydrogens (primary N) is 1. The van der Waals surface area contributed by atoms with Crippen molar-refractivity contribution in [3.8, 4) is 0 Å². The maximum absolute atomic E-state index is 12.9. The summed E-state index contributed by atoms with van der Waals surface area (Å²) in [6.45, 7) is 0.345. The third kappa shape index (κ3) is 2.22. The number of hydrogen-bond donors (Lipinski definition) is 1. The lowest BCUT2D eigenvalue weighted by Gasteiger charge is -2.00.